The monoisotopic (exact) mass is 255 g/mol. The van der Waals surface area contributed by atoms with E-state index in [4.69, 9.17) is 0 Å². The Balaban J connectivity index is 2.24. The van der Waals surface area contributed by atoms with E-state index in [0.717, 1.165) is 38.9 Å². The maximum Gasteiger partial charge on any atom is 0.317 e. The van der Waals surface area contributed by atoms with Crippen molar-refractivity contribution in [3.63, 3.8) is 0 Å². The van der Waals surface area contributed by atoms with Gasteiger partial charge in [0.05, 0.1) is 0 Å². The molecule has 0 radical (unpaired) electrons. The first-order chi connectivity index (χ1) is 8.56. The van der Waals surface area contributed by atoms with Crippen molar-refractivity contribution in [2.45, 2.75) is 58.5 Å². The van der Waals surface area contributed by atoms with Gasteiger partial charge in [-0.25, -0.2) is 4.79 Å². The average Bonchev–Trinajstić information content (AvgIpc) is 2.37. The number of hydrogen-bond donors (Lipinski definition) is 1. The summed E-state index contributed by atoms with van der Waals surface area (Å²) >= 11 is 0. The highest BCUT2D eigenvalue weighted by Crippen LogP contribution is 2.15. The van der Waals surface area contributed by atoms with Gasteiger partial charge in [0.25, 0.3) is 0 Å². The molecule has 1 fully saturated rings. The summed E-state index contributed by atoms with van der Waals surface area (Å²) in [4.78, 5) is 16.3. The van der Waals surface area contributed by atoms with Crippen molar-refractivity contribution in [3.8, 4) is 0 Å². The van der Waals surface area contributed by atoms with Crippen molar-refractivity contribution in [2.24, 2.45) is 0 Å². The molecule has 0 aromatic rings. The van der Waals surface area contributed by atoms with E-state index in [1.54, 1.807) is 0 Å². The quantitative estimate of drug-likeness (QED) is 0.818. The Bertz CT molecular complexity index is 257. The zero-order valence-corrected chi connectivity index (χ0v) is 12.4. The van der Waals surface area contributed by atoms with Gasteiger partial charge in [-0.2, -0.15) is 0 Å². The number of amides is 2. The van der Waals surface area contributed by atoms with Gasteiger partial charge in [-0.3, -0.25) is 0 Å². The van der Waals surface area contributed by atoms with Gasteiger partial charge >= 0.3 is 6.03 Å². The summed E-state index contributed by atoms with van der Waals surface area (Å²) in [5, 5.41) is 3.04. The second kappa shape index (κ2) is 7.62. The molecule has 4 nitrogen and oxygen atoms in total. The van der Waals surface area contributed by atoms with Crippen molar-refractivity contribution in [3.05, 3.63) is 0 Å². The molecule has 1 saturated heterocycles. The van der Waals surface area contributed by atoms with Crippen molar-refractivity contribution >= 4 is 6.03 Å². The van der Waals surface area contributed by atoms with E-state index in [2.05, 4.69) is 38.0 Å². The number of rotatable bonds is 5. The summed E-state index contributed by atoms with van der Waals surface area (Å²) < 4.78 is 0. The molecule has 0 aromatic carbocycles. The van der Waals surface area contributed by atoms with Crippen LogP contribution in [0.25, 0.3) is 0 Å². The van der Waals surface area contributed by atoms with Gasteiger partial charge in [0.15, 0.2) is 0 Å². The van der Waals surface area contributed by atoms with Crippen LogP contribution in [0.2, 0.25) is 0 Å². The molecule has 1 aliphatic rings. The molecule has 2 unspecified atom stereocenters. The Kier molecular flexibility index (Phi) is 6.47. The Hall–Kier alpha value is -0.770. The number of nitrogens with one attached hydrogen (secondary N) is 1. The van der Waals surface area contributed by atoms with E-state index in [1.807, 2.05) is 4.90 Å². The summed E-state index contributed by atoms with van der Waals surface area (Å²) in [6, 6.07) is 1.08. The Morgan fingerprint density at radius 2 is 2.22 bits per heavy atom. The fourth-order valence-electron chi connectivity index (χ4n) is 2.37. The molecule has 4 heteroatoms. The topological polar surface area (TPSA) is 35.6 Å². The lowest BCUT2D eigenvalue weighted by atomic mass is 10.0. The minimum atomic E-state index is 0.111. The molecule has 2 atom stereocenters. The lowest BCUT2D eigenvalue weighted by molar-refractivity contribution is 0.156. The first-order valence-corrected chi connectivity index (χ1v) is 7.31. The number of likely N-dealkylation sites (N-methyl/N-ethyl adjacent to an activating group) is 1. The van der Waals surface area contributed by atoms with E-state index >= 15 is 0 Å². The fraction of sp³-hybridized carbons (Fsp3) is 0.929. The van der Waals surface area contributed by atoms with Crippen LogP contribution in [0.4, 0.5) is 4.79 Å². The van der Waals surface area contributed by atoms with E-state index in [1.165, 1.54) is 6.42 Å². The van der Waals surface area contributed by atoms with Crippen LogP contribution in [0, 0.1) is 0 Å². The van der Waals surface area contributed by atoms with Gasteiger partial charge in [0.1, 0.15) is 0 Å². The van der Waals surface area contributed by atoms with Crippen molar-refractivity contribution in [2.75, 3.05) is 26.7 Å². The van der Waals surface area contributed by atoms with Crippen LogP contribution in [-0.2, 0) is 0 Å². The second-order valence-electron chi connectivity index (χ2n) is 5.51. The Morgan fingerprint density at radius 3 is 2.83 bits per heavy atom. The second-order valence-corrected chi connectivity index (χ2v) is 5.51. The number of urea groups is 1. The predicted molar refractivity (Wildman–Crippen MR) is 75.8 cm³/mol. The van der Waals surface area contributed by atoms with Gasteiger partial charge in [-0.1, -0.05) is 6.92 Å². The smallest absolute Gasteiger partial charge is 0.317 e. The molecule has 1 N–H and O–H groups in total. The number of hydrogen-bond acceptors (Lipinski definition) is 2. The molecule has 1 rings (SSSR count). The first-order valence-electron chi connectivity index (χ1n) is 7.31. The molecular formula is C14H29N3O. The predicted octanol–water partition coefficient (Wildman–Crippen LogP) is 2.30. The van der Waals surface area contributed by atoms with Gasteiger partial charge < -0.3 is 15.1 Å². The third-order valence-corrected chi connectivity index (χ3v) is 4.15. The number of likely N-dealkylation sites (tertiary alicyclic amines) is 1. The number of carbonyl (C=O) groups excluding carboxylic acids is 1. The Labute approximate surface area is 112 Å². The molecular weight excluding hydrogens is 226 g/mol. The molecule has 0 bridgehead atoms. The highest BCUT2D eigenvalue weighted by atomic mass is 16.2. The molecule has 0 spiro atoms. The third kappa shape index (κ3) is 4.48. The minimum Gasteiger partial charge on any atom is -0.337 e. The van der Waals surface area contributed by atoms with E-state index < -0.39 is 0 Å². The SMILES string of the molecule is CCC(C)N(C)CCNC(=O)N1CCCCC1C. The number of nitrogens with zero attached hydrogens (tertiary/aromatic N) is 2. The maximum atomic E-state index is 12.0. The molecule has 1 heterocycles. The summed E-state index contributed by atoms with van der Waals surface area (Å²) in [6.07, 6.45) is 4.68. The molecule has 0 aliphatic carbocycles. The van der Waals surface area contributed by atoms with Crippen LogP contribution < -0.4 is 5.32 Å². The first kappa shape index (κ1) is 15.3. The van der Waals surface area contributed by atoms with Gasteiger partial charge in [-0.15, -0.1) is 0 Å². The largest absolute Gasteiger partial charge is 0.337 e. The number of carbonyl (C=O) groups is 1. The maximum absolute atomic E-state index is 12.0. The van der Waals surface area contributed by atoms with E-state index in [0.29, 0.717) is 12.1 Å². The summed E-state index contributed by atoms with van der Waals surface area (Å²) in [7, 11) is 2.11. The van der Waals surface area contributed by atoms with Crippen molar-refractivity contribution < 1.29 is 4.79 Å². The summed E-state index contributed by atoms with van der Waals surface area (Å²) in [5.41, 5.74) is 0. The molecule has 2 amide bonds. The highest BCUT2D eigenvalue weighted by Gasteiger charge is 2.22. The average molecular weight is 255 g/mol. The van der Waals surface area contributed by atoms with E-state index in [9.17, 15) is 4.79 Å². The van der Waals surface area contributed by atoms with E-state index in [-0.39, 0.29) is 6.03 Å². The lowest BCUT2D eigenvalue weighted by Gasteiger charge is -2.33. The zero-order valence-electron chi connectivity index (χ0n) is 12.4. The van der Waals surface area contributed by atoms with Crippen LogP contribution in [0.3, 0.4) is 0 Å². The van der Waals surface area contributed by atoms with Crippen LogP contribution >= 0.6 is 0 Å². The van der Waals surface area contributed by atoms with Crippen LogP contribution in [0.5, 0.6) is 0 Å². The standard InChI is InChI=1S/C14H29N3O/c1-5-12(2)16(4)11-9-15-14(18)17-10-7-6-8-13(17)3/h12-13H,5-11H2,1-4H3,(H,15,18). The van der Waals surface area contributed by atoms with Crippen molar-refractivity contribution in [1.82, 2.24) is 15.1 Å². The normalized spacial score (nSPS) is 22.1. The summed E-state index contributed by atoms with van der Waals surface area (Å²) in [5.74, 6) is 0. The highest BCUT2D eigenvalue weighted by molar-refractivity contribution is 5.74. The summed E-state index contributed by atoms with van der Waals surface area (Å²) in [6.45, 7) is 9.12. The van der Waals surface area contributed by atoms with Crippen LogP contribution in [-0.4, -0.2) is 54.6 Å². The third-order valence-electron chi connectivity index (χ3n) is 4.15. The molecule has 0 saturated carbocycles. The van der Waals surface area contributed by atoms with Gasteiger partial charge in [0, 0.05) is 31.7 Å². The number of piperidine rings is 1. The molecule has 106 valence electrons. The lowest BCUT2D eigenvalue weighted by Crippen LogP contribution is -2.49. The van der Waals surface area contributed by atoms with Crippen LogP contribution in [0.1, 0.15) is 46.5 Å². The van der Waals surface area contributed by atoms with Gasteiger partial charge in [-0.05, 0) is 46.6 Å². The molecule has 1 aliphatic heterocycles. The minimum absolute atomic E-state index is 0.111. The van der Waals surface area contributed by atoms with Gasteiger partial charge in [0.2, 0.25) is 0 Å². The van der Waals surface area contributed by atoms with Crippen LogP contribution in [0.15, 0.2) is 0 Å². The Morgan fingerprint density at radius 1 is 1.50 bits per heavy atom. The van der Waals surface area contributed by atoms with Crippen molar-refractivity contribution in [1.29, 1.82) is 0 Å². The zero-order chi connectivity index (χ0) is 13.5. The molecule has 18 heavy (non-hydrogen) atoms. The molecule has 0 aromatic heterocycles. The fourth-order valence-corrected chi connectivity index (χ4v) is 2.37.